The first kappa shape index (κ1) is 18.8. The van der Waals surface area contributed by atoms with E-state index < -0.39 is 11.4 Å². The van der Waals surface area contributed by atoms with E-state index in [2.05, 4.69) is 5.32 Å². The first-order valence-corrected chi connectivity index (χ1v) is 9.27. The van der Waals surface area contributed by atoms with E-state index in [4.69, 9.17) is 9.47 Å². The van der Waals surface area contributed by atoms with Crippen molar-refractivity contribution in [1.82, 2.24) is 0 Å². The fourth-order valence-electron chi connectivity index (χ4n) is 2.61. The monoisotopic (exact) mass is 384 g/mol. The third kappa shape index (κ3) is 4.43. The number of carbonyl (C=O) groups excluding carboxylic acids is 2. The summed E-state index contributed by atoms with van der Waals surface area (Å²) in [5.74, 6) is -0.524. The van der Waals surface area contributed by atoms with E-state index in [0.717, 1.165) is 28.8 Å². The fourth-order valence-corrected chi connectivity index (χ4v) is 3.43. The van der Waals surface area contributed by atoms with Gasteiger partial charge in [0.05, 0.1) is 24.2 Å². The number of methoxy groups -OCH3 is 1. The average molecular weight is 384 g/mol. The fraction of sp³-hybridized carbons (Fsp3) is 0.200. The van der Waals surface area contributed by atoms with Gasteiger partial charge in [0.2, 0.25) is 0 Å². The standard InChI is InChI=1S/C20H19NO5S/c1-12-3-8-17-15(9-12)19(24)16(20(26-17)27-11-18(22)23)10-21-13-4-6-14(25-2)7-5-13/h3-10,20-21H,11H2,1-2H3,(H,22,23)/p-1/b16-10+/t20-/m1/s1. The molecule has 1 N–H and O–H groups in total. The third-order valence-electron chi connectivity index (χ3n) is 3.97. The van der Waals surface area contributed by atoms with Gasteiger partial charge < -0.3 is 24.7 Å². The Balaban J connectivity index is 1.89. The molecule has 27 heavy (non-hydrogen) atoms. The molecule has 2 aromatic carbocycles. The smallest absolute Gasteiger partial charge is 0.198 e. The zero-order valence-electron chi connectivity index (χ0n) is 14.9. The zero-order chi connectivity index (χ0) is 19.4. The molecule has 140 valence electrons. The van der Waals surface area contributed by atoms with Crippen LogP contribution in [0.4, 0.5) is 5.69 Å². The van der Waals surface area contributed by atoms with Crippen LogP contribution in [0.5, 0.6) is 11.5 Å². The number of aryl methyl sites for hydroxylation is 1. The van der Waals surface area contributed by atoms with Crippen LogP contribution in [0.2, 0.25) is 0 Å². The summed E-state index contributed by atoms with van der Waals surface area (Å²) in [5, 5.41) is 13.9. The van der Waals surface area contributed by atoms with Crippen molar-refractivity contribution >= 4 is 29.2 Å². The lowest BCUT2D eigenvalue weighted by Crippen LogP contribution is -2.32. The number of anilines is 1. The minimum absolute atomic E-state index is 0.197. The van der Waals surface area contributed by atoms with Crippen LogP contribution in [0, 0.1) is 6.92 Å². The maximum Gasteiger partial charge on any atom is 0.198 e. The number of carbonyl (C=O) groups is 2. The molecular formula is C20H18NO5S-. The molecule has 0 amide bonds. The molecule has 2 aromatic rings. The molecule has 0 radical (unpaired) electrons. The van der Waals surface area contributed by atoms with Gasteiger partial charge in [-0.05, 0) is 43.3 Å². The second-order valence-corrected chi connectivity index (χ2v) is 6.98. The van der Waals surface area contributed by atoms with E-state index >= 15 is 0 Å². The van der Waals surface area contributed by atoms with Crippen LogP contribution in [-0.2, 0) is 4.79 Å². The van der Waals surface area contributed by atoms with Crippen LogP contribution in [0.25, 0.3) is 0 Å². The number of ether oxygens (including phenoxy) is 2. The molecule has 0 saturated heterocycles. The largest absolute Gasteiger partial charge is 0.549 e. The number of thioether (sulfide) groups is 1. The van der Waals surface area contributed by atoms with Crippen molar-refractivity contribution in [2.75, 3.05) is 18.2 Å². The maximum absolute atomic E-state index is 13.0. The van der Waals surface area contributed by atoms with Crippen molar-refractivity contribution < 1.29 is 24.2 Å². The SMILES string of the molecule is COc1ccc(N/C=C2\C(=O)c3cc(C)ccc3O[C@@H]2SCC(=O)[O-])cc1. The highest BCUT2D eigenvalue weighted by Crippen LogP contribution is 2.35. The van der Waals surface area contributed by atoms with Crippen LogP contribution in [-0.4, -0.2) is 30.1 Å². The predicted molar refractivity (Wildman–Crippen MR) is 102 cm³/mol. The van der Waals surface area contributed by atoms with Crippen LogP contribution in [0.15, 0.2) is 54.2 Å². The first-order valence-electron chi connectivity index (χ1n) is 8.22. The van der Waals surface area contributed by atoms with Gasteiger partial charge in [-0.25, -0.2) is 0 Å². The van der Waals surface area contributed by atoms with Crippen molar-refractivity contribution in [3.05, 3.63) is 65.4 Å². The minimum atomic E-state index is -1.21. The summed E-state index contributed by atoms with van der Waals surface area (Å²) in [6, 6.07) is 12.5. The Bertz CT molecular complexity index is 892. The number of hydrogen-bond donors (Lipinski definition) is 1. The number of nitrogens with one attached hydrogen (secondary N) is 1. The zero-order valence-corrected chi connectivity index (χ0v) is 15.7. The number of rotatable bonds is 6. The van der Waals surface area contributed by atoms with Crippen LogP contribution >= 0.6 is 11.8 Å². The molecule has 0 aliphatic carbocycles. The number of benzene rings is 2. The van der Waals surface area contributed by atoms with Gasteiger partial charge in [-0.1, -0.05) is 11.6 Å². The molecule has 1 atom stereocenters. The Morgan fingerprint density at radius 1 is 1.30 bits per heavy atom. The van der Waals surface area contributed by atoms with Gasteiger partial charge in [0.15, 0.2) is 11.2 Å². The third-order valence-corrected chi connectivity index (χ3v) is 5.02. The number of ketones is 1. The van der Waals surface area contributed by atoms with Gasteiger partial charge in [0.25, 0.3) is 0 Å². The lowest BCUT2D eigenvalue weighted by Gasteiger charge is -2.27. The van der Waals surface area contributed by atoms with E-state index in [9.17, 15) is 14.7 Å². The molecular weight excluding hydrogens is 366 g/mol. The Morgan fingerprint density at radius 3 is 2.70 bits per heavy atom. The first-order chi connectivity index (χ1) is 13.0. The van der Waals surface area contributed by atoms with Gasteiger partial charge in [0, 0.05) is 17.6 Å². The minimum Gasteiger partial charge on any atom is -0.549 e. The summed E-state index contributed by atoms with van der Waals surface area (Å²) in [7, 11) is 1.58. The van der Waals surface area contributed by atoms with Crippen LogP contribution < -0.4 is 19.9 Å². The van der Waals surface area contributed by atoms with Crippen LogP contribution in [0.1, 0.15) is 15.9 Å². The summed E-state index contributed by atoms with van der Waals surface area (Å²) >= 11 is 0.993. The summed E-state index contributed by atoms with van der Waals surface area (Å²) in [6.45, 7) is 1.89. The van der Waals surface area contributed by atoms with Crippen molar-refractivity contribution in [2.45, 2.75) is 12.4 Å². The number of fused-ring (bicyclic) bond motifs is 1. The molecule has 0 unspecified atom stereocenters. The highest BCUT2D eigenvalue weighted by molar-refractivity contribution is 8.00. The second-order valence-electron chi connectivity index (χ2n) is 5.93. The predicted octanol–water partition coefficient (Wildman–Crippen LogP) is 2.38. The van der Waals surface area contributed by atoms with E-state index in [1.54, 1.807) is 37.6 Å². The molecule has 7 heteroatoms. The highest BCUT2D eigenvalue weighted by atomic mass is 32.2. The lowest BCUT2D eigenvalue weighted by atomic mass is 9.99. The van der Waals surface area contributed by atoms with Crippen LogP contribution in [0.3, 0.4) is 0 Å². The number of Topliss-reactive ketones (excluding diaryl/α,β-unsaturated/α-hetero) is 1. The number of hydrogen-bond acceptors (Lipinski definition) is 7. The average Bonchev–Trinajstić information content (AvgIpc) is 2.66. The van der Waals surface area contributed by atoms with E-state index in [1.807, 2.05) is 25.1 Å². The molecule has 3 rings (SSSR count). The van der Waals surface area contributed by atoms with E-state index in [-0.39, 0.29) is 11.5 Å². The van der Waals surface area contributed by atoms with E-state index in [0.29, 0.717) is 16.9 Å². The second kappa shape index (κ2) is 8.18. The van der Waals surface area contributed by atoms with Gasteiger partial charge in [-0.15, -0.1) is 11.8 Å². The number of aliphatic carboxylic acids is 1. The topological polar surface area (TPSA) is 87.7 Å². The Labute approximate surface area is 161 Å². The molecule has 0 bridgehead atoms. The van der Waals surface area contributed by atoms with Gasteiger partial charge in [-0.2, -0.15) is 0 Å². The Morgan fingerprint density at radius 2 is 2.04 bits per heavy atom. The molecule has 0 fully saturated rings. The van der Waals surface area contributed by atoms with Crippen molar-refractivity contribution in [3.8, 4) is 11.5 Å². The summed E-state index contributed by atoms with van der Waals surface area (Å²) in [5.41, 5.74) is 1.76. The summed E-state index contributed by atoms with van der Waals surface area (Å²) < 4.78 is 11.0. The highest BCUT2D eigenvalue weighted by Gasteiger charge is 2.32. The normalized spacial score (nSPS) is 17.2. The van der Waals surface area contributed by atoms with Gasteiger partial charge in [0.1, 0.15) is 11.5 Å². The van der Waals surface area contributed by atoms with Gasteiger partial charge in [-0.3, -0.25) is 4.79 Å². The Kier molecular flexibility index (Phi) is 5.71. The molecule has 1 aliphatic rings. The molecule has 1 aliphatic heterocycles. The molecule has 0 spiro atoms. The molecule has 0 aromatic heterocycles. The molecule has 1 heterocycles. The maximum atomic E-state index is 13.0. The molecule has 6 nitrogen and oxygen atoms in total. The summed E-state index contributed by atoms with van der Waals surface area (Å²) in [4.78, 5) is 23.8. The van der Waals surface area contributed by atoms with Crippen molar-refractivity contribution in [3.63, 3.8) is 0 Å². The molecule has 0 saturated carbocycles. The number of carboxylic acid groups (broad SMARTS) is 1. The lowest BCUT2D eigenvalue weighted by molar-refractivity contribution is -0.301. The van der Waals surface area contributed by atoms with E-state index in [1.165, 1.54) is 0 Å². The van der Waals surface area contributed by atoms with Gasteiger partial charge >= 0.3 is 0 Å². The number of carboxylic acids is 1. The quantitative estimate of drug-likeness (QED) is 0.765. The summed E-state index contributed by atoms with van der Waals surface area (Å²) in [6.07, 6.45) is 1.56. The van der Waals surface area contributed by atoms with Crippen molar-refractivity contribution in [1.29, 1.82) is 0 Å². The Hall–Kier alpha value is -2.93. The van der Waals surface area contributed by atoms with Crippen molar-refractivity contribution in [2.24, 2.45) is 0 Å².